The Balaban J connectivity index is 6.57. The molecule has 0 aromatic rings. The molecule has 6 atom stereocenters. The number of hydrogen-bond donors (Lipinski definition) is 6. The molecule has 17 nitrogen and oxygen atoms in total. The largest absolute Gasteiger partial charge is 0.374 e. The van der Waals surface area contributed by atoms with Crippen molar-refractivity contribution in [2.75, 3.05) is 54.9 Å². The summed E-state index contributed by atoms with van der Waals surface area (Å²) >= 11 is 0. The van der Waals surface area contributed by atoms with Crippen molar-refractivity contribution in [3.8, 4) is 0 Å². The van der Waals surface area contributed by atoms with E-state index in [2.05, 4.69) is 26.6 Å². The number of rotatable bonds is 24. The monoisotopic (exact) mass is 770 g/mol. The van der Waals surface area contributed by atoms with E-state index in [0.29, 0.717) is 19.6 Å². The molecule has 0 aliphatic heterocycles. The third-order valence-electron chi connectivity index (χ3n) is 9.27. The molecule has 0 radical (unpaired) electrons. The van der Waals surface area contributed by atoms with Gasteiger partial charge >= 0.3 is 0 Å². The molecule has 0 aliphatic rings. The minimum atomic E-state index is -1.14. The van der Waals surface area contributed by atoms with Gasteiger partial charge in [-0.05, 0) is 59.4 Å². The highest BCUT2D eigenvalue weighted by atomic mass is 16.5. The molecule has 17 heteroatoms. The Hall–Kier alpha value is -3.83. The fraction of sp³-hybridized carbons (Fsp3) is 0.811. The number of hydrogen-bond acceptors (Lipinski definition) is 10. The first kappa shape index (κ1) is 50.2. The Morgan fingerprint density at radius 3 is 1.70 bits per heavy atom. The third-order valence-corrected chi connectivity index (χ3v) is 9.27. The van der Waals surface area contributed by atoms with Crippen molar-refractivity contribution in [3.63, 3.8) is 0 Å². The van der Waals surface area contributed by atoms with Gasteiger partial charge in [0.25, 0.3) is 0 Å². The number of carbonyl (C=O) groups is 7. The summed E-state index contributed by atoms with van der Waals surface area (Å²) in [5, 5.41) is 13.5. The zero-order chi connectivity index (χ0) is 42.1. The number of ether oxygens (including phenoxy) is 1. The topological polar surface area (TPSA) is 225 Å². The predicted molar refractivity (Wildman–Crippen MR) is 208 cm³/mol. The van der Waals surface area contributed by atoms with Gasteiger partial charge in [0.2, 0.25) is 41.4 Å². The highest BCUT2D eigenvalue weighted by molar-refractivity contribution is 5.97. The van der Waals surface area contributed by atoms with Crippen LogP contribution in [0.3, 0.4) is 0 Å². The van der Waals surface area contributed by atoms with E-state index in [-0.39, 0.29) is 37.6 Å². The normalized spacial score (nSPS) is 14.9. The maximum absolute atomic E-state index is 14.3. The van der Waals surface area contributed by atoms with Crippen LogP contribution in [0.2, 0.25) is 0 Å². The minimum absolute atomic E-state index is 0.0347. The van der Waals surface area contributed by atoms with E-state index in [1.807, 2.05) is 20.8 Å². The van der Waals surface area contributed by atoms with Crippen LogP contribution in [0.15, 0.2) is 0 Å². The summed E-state index contributed by atoms with van der Waals surface area (Å²) in [5.41, 5.74) is 5.10. The Bertz CT molecular complexity index is 1260. The zero-order valence-electron chi connectivity index (χ0n) is 35.3. The van der Waals surface area contributed by atoms with Crippen molar-refractivity contribution in [1.82, 2.24) is 41.3 Å². The Morgan fingerprint density at radius 2 is 1.22 bits per heavy atom. The lowest BCUT2D eigenvalue weighted by Gasteiger charge is -2.38. The van der Waals surface area contributed by atoms with Crippen LogP contribution in [0.25, 0.3) is 0 Å². The van der Waals surface area contributed by atoms with Crippen LogP contribution in [0, 0.1) is 11.8 Å². The lowest BCUT2D eigenvalue weighted by atomic mass is 9.94. The molecule has 7 N–H and O–H groups in total. The molecule has 0 aliphatic carbocycles. The third kappa shape index (κ3) is 15.9. The van der Waals surface area contributed by atoms with E-state index in [1.165, 1.54) is 56.7 Å². The number of nitrogens with zero attached hydrogens (tertiary/aromatic N) is 3. The van der Waals surface area contributed by atoms with Crippen molar-refractivity contribution in [2.45, 2.75) is 130 Å². The molecule has 0 aromatic heterocycles. The van der Waals surface area contributed by atoms with Crippen molar-refractivity contribution >= 4 is 41.4 Å². The van der Waals surface area contributed by atoms with Gasteiger partial charge < -0.3 is 51.8 Å². The quantitative estimate of drug-likeness (QED) is 0.0696. The summed E-state index contributed by atoms with van der Waals surface area (Å²) in [6.07, 6.45) is 1.10. The highest BCUT2D eigenvalue weighted by Crippen LogP contribution is 2.22. The van der Waals surface area contributed by atoms with Crippen LogP contribution in [-0.2, 0) is 38.3 Å². The second-order valence-electron chi connectivity index (χ2n) is 15.3. The van der Waals surface area contributed by atoms with Crippen LogP contribution >= 0.6 is 0 Å². The predicted octanol–water partition coefficient (Wildman–Crippen LogP) is -0.427. The van der Waals surface area contributed by atoms with Crippen molar-refractivity contribution in [1.29, 1.82) is 0 Å². The molecule has 7 amide bonds. The Morgan fingerprint density at radius 1 is 0.704 bits per heavy atom. The summed E-state index contributed by atoms with van der Waals surface area (Å²) in [5.74, 6) is -4.02. The smallest absolute Gasteiger partial charge is 0.247 e. The van der Waals surface area contributed by atoms with Crippen LogP contribution < -0.4 is 32.3 Å². The molecule has 0 unspecified atom stereocenters. The van der Waals surface area contributed by atoms with Crippen LogP contribution in [0.1, 0.15) is 88.0 Å². The molecule has 0 saturated carbocycles. The van der Waals surface area contributed by atoms with Gasteiger partial charge in [-0.2, -0.15) is 0 Å². The van der Waals surface area contributed by atoms with E-state index in [1.54, 1.807) is 34.7 Å². The van der Waals surface area contributed by atoms with E-state index >= 15 is 0 Å². The van der Waals surface area contributed by atoms with E-state index in [9.17, 15) is 33.6 Å². The summed E-state index contributed by atoms with van der Waals surface area (Å²) in [4.78, 5) is 97.4. The van der Waals surface area contributed by atoms with E-state index < -0.39 is 83.2 Å². The zero-order valence-corrected chi connectivity index (χ0v) is 35.3. The molecule has 0 spiro atoms. The average molecular weight is 770 g/mol. The fourth-order valence-corrected chi connectivity index (χ4v) is 5.76. The Labute approximate surface area is 322 Å². The first-order valence-corrected chi connectivity index (χ1v) is 18.9. The molecule has 54 heavy (non-hydrogen) atoms. The van der Waals surface area contributed by atoms with Crippen molar-refractivity contribution in [3.05, 3.63) is 0 Å². The van der Waals surface area contributed by atoms with Gasteiger partial charge in [-0.25, -0.2) is 0 Å². The number of amides is 7. The van der Waals surface area contributed by atoms with E-state index in [4.69, 9.17) is 10.5 Å². The molecular weight excluding hydrogens is 698 g/mol. The summed E-state index contributed by atoms with van der Waals surface area (Å²) in [6.45, 7) is 16.4. The number of likely N-dealkylation sites (N-methyl/N-ethyl adjacent to an activating group) is 5. The fourth-order valence-electron chi connectivity index (χ4n) is 5.76. The second kappa shape index (κ2) is 23.8. The molecule has 0 saturated heterocycles. The lowest BCUT2D eigenvalue weighted by molar-refractivity contribution is -0.150. The maximum atomic E-state index is 14.3. The van der Waals surface area contributed by atoms with Gasteiger partial charge in [0, 0.05) is 54.1 Å². The van der Waals surface area contributed by atoms with Crippen molar-refractivity contribution < 1.29 is 38.3 Å². The average Bonchev–Trinajstić information content (AvgIpc) is 3.10. The molecule has 0 bridgehead atoms. The first-order valence-electron chi connectivity index (χ1n) is 18.9. The van der Waals surface area contributed by atoms with Crippen LogP contribution in [-0.4, -0.2) is 153 Å². The minimum Gasteiger partial charge on any atom is -0.374 e. The van der Waals surface area contributed by atoms with Crippen LogP contribution in [0.4, 0.5) is 0 Å². The van der Waals surface area contributed by atoms with Gasteiger partial charge in [0.15, 0.2) is 0 Å². The number of nitrogens with two attached hydrogens (primary N) is 1. The molecule has 0 rings (SSSR count). The van der Waals surface area contributed by atoms with Gasteiger partial charge in [-0.1, -0.05) is 34.6 Å². The molecule has 0 fully saturated rings. The van der Waals surface area contributed by atoms with Gasteiger partial charge in [0.05, 0.1) is 12.2 Å². The summed E-state index contributed by atoms with van der Waals surface area (Å²) in [7, 11) is 7.67. The first-order chi connectivity index (χ1) is 25.0. The van der Waals surface area contributed by atoms with Gasteiger partial charge in [-0.3, -0.25) is 33.6 Å². The lowest BCUT2D eigenvalue weighted by Crippen LogP contribution is -2.62. The summed E-state index contributed by atoms with van der Waals surface area (Å²) in [6, 6.07) is -6.15. The van der Waals surface area contributed by atoms with Gasteiger partial charge in [0.1, 0.15) is 36.3 Å². The molecular formula is C37H71N9O8. The standard InChI is InChI=1S/C37H71N9O8/c1-15-16-29(47)44(12)28(21-38)35(52)46(14)27(20-37(8,9)54-18-17-39-10)34(51)43-30(23(4)5)36(53)45(13)26(19-22(2)3)33(50)42-25(7)32(49)41-24(6)31(48)40-11/h22-28,30,39H,15-21,38H2,1-14H3,(H,40,48)(H,41,49)(H,42,50)(H,43,51)/t24-,25-,26+,27+,28-,30+/m1/s1. The molecule has 0 aromatic carbocycles. The maximum Gasteiger partial charge on any atom is 0.247 e. The Kier molecular flexibility index (Phi) is 22.2. The number of nitrogens with one attached hydrogen (secondary N) is 5. The van der Waals surface area contributed by atoms with Crippen molar-refractivity contribution in [2.24, 2.45) is 17.6 Å². The second-order valence-corrected chi connectivity index (χ2v) is 15.3. The van der Waals surface area contributed by atoms with Crippen LogP contribution in [0.5, 0.6) is 0 Å². The van der Waals surface area contributed by atoms with Gasteiger partial charge in [-0.15, -0.1) is 0 Å². The molecule has 0 heterocycles. The molecule has 312 valence electrons. The summed E-state index contributed by atoms with van der Waals surface area (Å²) < 4.78 is 6.07. The highest BCUT2D eigenvalue weighted by Gasteiger charge is 2.41. The number of carbonyl (C=O) groups excluding carboxylic acids is 7. The SMILES string of the molecule is CCCC(=O)N(C)[C@H](CN)C(=O)N(C)[C@@H](CC(C)(C)OCCNC)C(=O)N[C@H](C(=O)N(C)[C@@H](CC(C)C)C(=O)N[C@H](C)C(=O)N[C@H](C)C(=O)NC)C(C)C. The van der Waals surface area contributed by atoms with E-state index in [0.717, 1.165) is 0 Å².